The van der Waals surface area contributed by atoms with Gasteiger partial charge in [-0.05, 0) is 50.5 Å². The van der Waals surface area contributed by atoms with Gasteiger partial charge in [-0.15, -0.1) is 5.10 Å². The van der Waals surface area contributed by atoms with Gasteiger partial charge in [0.25, 0.3) is 17.3 Å². The van der Waals surface area contributed by atoms with E-state index in [0.717, 1.165) is 26.1 Å². The second kappa shape index (κ2) is 7.48. The second-order valence-corrected chi connectivity index (χ2v) is 13.2. The molecule has 2 aromatic heterocycles. The van der Waals surface area contributed by atoms with Crippen molar-refractivity contribution in [2.24, 2.45) is 18.4 Å². The highest BCUT2D eigenvalue weighted by molar-refractivity contribution is 7.94. The Hall–Kier alpha value is -2.53. The Labute approximate surface area is 196 Å². The van der Waals surface area contributed by atoms with Gasteiger partial charge < -0.3 is 19.4 Å². The molecular weight excluding hydrogens is 460 g/mol. The number of hydrogen-bond donors (Lipinski definition) is 1. The van der Waals surface area contributed by atoms with Crippen LogP contribution in [0, 0.1) is 11.3 Å². The van der Waals surface area contributed by atoms with Crippen molar-refractivity contribution in [2.45, 2.75) is 48.5 Å². The SMILES string of the molecule is Cn1c(=O)c(C(=O)NCC2CC3(COC3)C2)cc2cnnc(OCC3(S(=O)(=O)C4CC4)CC3)c21. The molecule has 0 radical (unpaired) electrons. The predicted molar refractivity (Wildman–Crippen MR) is 122 cm³/mol. The highest BCUT2D eigenvalue weighted by Gasteiger charge is 2.60. The molecule has 2 aromatic rings. The smallest absolute Gasteiger partial charge is 0.263 e. The summed E-state index contributed by atoms with van der Waals surface area (Å²) in [5.41, 5.74) is 0.278. The van der Waals surface area contributed by atoms with E-state index in [1.54, 1.807) is 7.05 Å². The van der Waals surface area contributed by atoms with Gasteiger partial charge in [0.1, 0.15) is 22.4 Å². The topological polar surface area (TPSA) is 129 Å². The molecule has 1 N–H and O–H groups in total. The van der Waals surface area contributed by atoms with Crippen LogP contribution in [-0.4, -0.2) is 65.5 Å². The number of sulfone groups is 1. The van der Waals surface area contributed by atoms with E-state index < -0.39 is 26.1 Å². The minimum atomic E-state index is -3.23. The largest absolute Gasteiger partial charge is 0.473 e. The van der Waals surface area contributed by atoms with Gasteiger partial charge in [0.15, 0.2) is 9.84 Å². The van der Waals surface area contributed by atoms with E-state index >= 15 is 0 Å². The molecule has 4 aliphatic rings. The van der Waals surface area contributed by atoms with E-state index in [4.69, 9.17) is 9.47 Å². The molecule has 1 spiro atoms. The van der Waals surface area contributed by atoms with E-state index in [2.05, 4.69) is 15.5 Å². The Morgan fingerprint density at radius 3 is 2.65 bits per heavy atom. The summed E-state index contributed by atoms with van der Waals surface area (Å²) in [7, 11) is -1.68. The maximum atomic E-state index is 13.0. The molecule has 0 atom stereocenters. The number of hydrogen-bond acceptors (Lipinski definition) is 8. The molecule has 10 nitrogen and oxygen atoms in total. The van der Waals surface area contributed by atoms with Crippen molar-refractivity contribution in [1.82, 2.24) is 20.1 Å². The number of aromatic nitrogens is 3. The number of ether oxygens (including phenoxy) is 2. The van der Waals surface area contributed by atoms with Crippen molar-refractivity contribution in [3.8, 4) is 5.88 Å². The van der Waals surface area contributed by atoms with Gasteiger partial charge in [0.05, 0.1) is 24.7 Å². The number of fused-ring (bicyclic) bond motifs is 1. The first-order chi connectivity index (χ1) is 16.2. The minimum Gasteiger partial charge on any atom is -0.473 e. The maximum Gasteiger partial charge on any atom is 0.263 e. The lowest BCUT2D eigenvalue weighted by atomic mass is 9.61. The monoisotopic (exact) mass is 488 g/mol. The fraction of sp³-hybridized carbons (Fsp3) is 0.652. The van der Waals surface area contributed by atoms with Crippen LogP contribution >= 0.6 is 0 Å². The van der Waals surface area contributed by atoms with Crippen LogP contribution in [0.1, 0.15) is 48.9 Å². The second-order valence-electron chi connectivity index (χ2n) is 10.6. The van der Waals surface area contributed by atoms with Crippen molar-refractivity contribution in [2.75, 3.05) is 26.4 Å². The Bertz CT molecular complexity index is 1330. The molecular formula is C23H28N4O6S. The molecule has 34 heavy (non-hydrogen) atoms. The summed E-state index contributed by atoms with van der Waals surface area (Å²) in [6.45, 7) is 2.13. The lowest BCUT2D eigenvalue weighted by Crippen LogP contribution is -2.54. The third-order valence-corrected chi connectivity index (χ3v) is 11.0. The highest BCUT2D eigenvalue weighted by atomic mass is 32.2. The zero-order chi connectivity index (χ0) is 23.7. The Morgan fingerprint density at radius 1 is 1.29 bits per heavy atom. The Balaban J connectivity index is 1.19. The molecule has 11 heteroatoms. The average molecular weight is 489 g/mol. The van der Waals surface area contributed by atoms with E-state index in [0.29, 0.717) is 54.5 Å². The summed E-state index contributed by atoms with van der Waals surface area (Å²) >= 11 is 0. The molecule has 1 amide bonds. The molecule has 182 valence electrons. The van der Waals surface area contributed by atoms with Crippen LogP contribution in [-0.2, 0) is 21.6 Å². The first kappa shape index (κ1) is 22.0. The van der Waals surface area contributed by atoms with Gasteiger partial charge in [-0.25, -0.2) is 8.42 Å². The molecule has 1 saturated heterocycles. The molecule has 0 unspecified atom stereocenters. The third-order valence-electron chi connectivity index (χ3n) is 7.89. The summed E-state index contributed by atoms with van der Waals surface area (Å²) < 4.78 is 37.2. The first-order valence-corrected chi connectivity index (χ1v) is 13.4. The van der Waals surface area contributed by atoms with Crippen LogP contribution < -0.4 is 15.6 Å². The summed E-state index contributed by atoms with van der Waals surface area (Å²) in [5.74, 6) is 0.0913. The maximum absolute atomic E-state index is 13.0. The average Bonchev–Trinajstić information content (AvgIpc) is 3.66. The number of nitrogens with zero attached hydrogens (tertiary/aromatic N) is 3. The molecule has 3 heterocycles. The van der Waals surface area contributed by atoms with Crippen LogP contribution in [0.3, 0.4) is 0 Å². The number of rotatable bonds is 8. The molecule has 1 aliphatic heterocycles. The van der Waals surface area contributed by atoms with Crippen LogP contribution in [0.5, 0.6) is 5.88 Å². The number of carbonyl (C=O) groups excluding carboxylic acids is 1. The standard InChI is InChI=1S/C23H28N4O6S/c1-27-18-15(6-17(21(27)29)19(28)24-9-14-7-22(8-14)11-32-12-22)10-25-26-20(18)33-13-23(4-5-23)34(30,31)16-2-3-16/h6,10,14,16H,2-5,7-9,11-13H2,1H3,(H,24,28). The van der Waals surface area contributed by atoms with Crippen molar-refractivity contribution < 1.29 is 22.7 Å². The van der Waals surface area contributed by atoms with E-state index in [1.807, 2.05) is 0 Å². The van der Waals surface area contributed by atoms with Crippen molar-refractivity contribution >= 4 is 26.6 Å². The third kappa shape index (κ3) is 3.43. The van der Waals surface area contributed by atoms with E-state index in [-0.39, 0.29) is 23.3 Å². The van der Waals surface area contributed by atoms with Crippen molar-refractivity contribution in [1.29, 1.82) is 0 Å². The molecule has 3 aliphatic carbocycles. The van der Waals surface area contributed by atoms with Crippen LogP contribution in [0.2, 0.25) is 0 Å². The first-order valence-electron chi connectivity index (χ1n) is 11.8. The summed E-state index contributed by atoms with van der Waals surface area (Å²) in [4.78, 5) is 25.8. The zero-order valence-corrected chi connectivity index (χ0v) is 19.9. The normalized spacial score (nSPS) is 22.7. The number of pyridine rings is 1. The molecule has 6 rings (SSSR count). The molecule has 0 bridgehead atoms. The number of nitrogens with one attached hydrogen (secondary N) is 1. The van der Waals surface area contributed by atoms with E-state index in [1.165, 1.54) is 16.8 Å². The number of amides is 1. The van der Waals surface area contributed by atoms with Gasteiger partial charge in [-0.1, -0.05) is 0 Å². The highest BCUT2D eigenvalue weighted by Crippen LogP contribution is 2.51. The number of carbonyl (C=O) groups is 1. The quantitative estimate of drug-likeness (QED) is 0.582. The van der Waals surface area contributed by atoms with Gasteiger partial charge >= 0.3 is 0 Å². The summed E-state index contributed by atoms with van der Waals surface area (Å²) in [5, 5.41) is 11.2. The summed E-state index contributed by atoms with van der Waals surface area (Å²) in [6, 6.07) is 1.50. The number of aryl methyl sites for hydroxylation is 1. The zero-order valence-electron chi connectivity index (χ0n) is 19.1. The minimum absolute atomic E-state index is 0.00995. The molecule has 3 saturated carbocycles. The predicted octanol–water partition coefficient (Wildman–Crippen LogP) is 0.974. The lowest BCUT2D eigenvalue weighted by molar-refractivity contribution is -0.177. The van der Waals surface area contributed by atoms with Gasteiger partial charge in [0, 0.05) is 24.4 Å². The van der Waals surface area contributed by atoms with Gasteiger partial charge in [0.2, 0.25) is 0 Å². The van der Waals surface area contributed by atoms with E-state index in [9.17, 15) is 18.0 Å². The van der Waals surface area contributed by atoms with Crippen LogP contribution in [0.25, 0.3) is 10.9 Å². The fourth-order valence-corrected chi connectivity index (χ4v) is 7.79. The van der Waals surface area contributed by atoms with Crippen molar-refractivity contribution in [3.63, 3.8) is 0 Å². The fourth-order valence-electron chi connectivity index (χ4n) is 5.43. The Morgan fingerprint density at radius 2 is 2.03 bits per heavy atom. The van der Waals surface area contributed by atoms with Crippen molar-refractivity contribution in [3.05, 3.63) is 28.2 Å². The molecule has 0 aromatic carbocycles. The summed E-state index contributed by atoms with van der Waals surface area (Å²) in [6.07, 6.45) is 6.12. The Kier molecular flexibility index (Phi) is 4.83. The van der Waals surface area contributed by atoms with Gasteiger partial charge in [-0.3, -0.25) is 9.59 Å². The van der Waals surface area contributed by atoms with Gasteiger partial charge in [-0.2, -0.15) is 5.10 Å². The van der Waals surface area contributed by atoms with Crippen LogP contribution in [0.4, 0.5) is 0 Å². The lowest BCUT2D eigenvalue weighted by Gasteiger charge is -2.53. The van der Waals surface area contributed by atoms with Crippen LogP contribution in [0.15, 0.2) is 17.1 Å². The molecule has 4 fully saturated rings.